The predicted octanol–water partition coefficient (Wildman–Crippen LogP) is 12.2. The van der Waals surface area contributed by atoms with Gasteiger partial charge in [-0.05, 0) is 91.0 Å². The molecule has 0 aliphatic rings. The molecule has 0 bridgehead atoms. The van der Waals surface area contributed by atoms with Gasteiger partial charge in [0.05, 0.1) is 33.5 Å². The molecule has 0 radical (unpaired) electrons. The van der Waals surface area contributed by atoms with Gasteiger partial charge in [-0.2, -0.15) is 0 Å². The summed E-state index contributed by atoms with van der Waals surface area (Å²) in [7, 11) is 0. The number of nitrogens with zero attached hydrogens (tertiary/aromatic N) is 5. The molecule has 0 atom stereocenters. The summed E-state index contributed by atoms with van der Waals surface area (Å²) < 4.78 is 4.57. The second-order valence-corrected chi connectivity index (χ2v) is 15.0. The number of fused-ring (bicyclic) bond motifs is 7. The van der Waals surface area contributed by atoms with Crippen LogP contribution in [0.4, 0.5) is 34.1 Å². The van der Waals surface area contributed by atoms with E-state index < -0.39 is 0 Å². The molecule has 0 aliphatic carbocycles. The van der Waals surface area contributed by atoms with E-state index in [-0.39, 0.29) is 0 Å². The molecular weight excluding hydrogens is 737 g/mol. The van der Waals surface area contributed by atoms with Gasteiger partial charge in [-0.25, -0.2) is 9.97 Å². The summed E-state index contributed by atoms with van der Waals surface area (Å²) in [5, 5.41) is 4.48. The third-order valence-electron chi connectivity index (χ3n) is 11.2. The third kappa shape index (κ3) is 5.77. The number of aromatic nitrogens is 4. The maximum absolute atomic E-state index is 6.82. The monoisotopic (exact) mass is 774 g/mol. The minimum Gasteiger partial charge on any atom is -0.399 e. The first-order valence-corrected chi connectivity index (χ1v) is 19.9. The molecule has 0 spiro atoms. The number of nitrogens with two attached hydrogens (primary N) is 3. The van der Waals surface area contributed by atoms with Crippen molar-refractivity contribution in [2.75, 3.05) is 22.1 Å². The Kier molecular flexibility index (Phi) is 8.09. The second kappa shape index (κ2) is 13.9. The van der Waals surface area contributed by atoms with Gasteiger partial charge in [-0.15, -0.1) is 0 Å². The Morgan fingerprint density at radius 2 is 0.817 bits per heavy atom. The fraction of sp³-hybridized carbons (Fsp3) is 0. The van der Waals surface area contributed by atoms with Gasteiger partial charge >= 0.3 is 0 Å². The van der Waals surface area contributed by atoms with Crippen LogP contribution in [0.1, 0.15) is 0 Å². The van der Waals surface area contributed by atoms with Gasteiger partial charge < -0.3 is 26.7 Å². The molecule has 11 aromatic rings. The first-order chi connectivity index (χ1) is 29.5. The Hall–Kier alpha value is -8.36. The maximum Gasteiger partial charge on any atom is 0.235 e. The molecule has 0 amide bonds. The van der Waals surface area contributed by atoms with Crippen molar-refractivity contribution in [1.82, 2.24) is 19.1 Å². The summed E-state index contributed by atoms with van der Waals surface area (Å²) in [4.78, 5) is 13.1. The van der Waals surface area contributed by atoms with Crippen LogP contribution in [0.15, 0.2) is 194 Å². The third-order valence-corrected chi connectivity index (χ3v) is 11.2. The zero-order valence-electron chi connectivity index (χ0n) is 32.4. The Bertz CT molecular complexity index is 3350. The van der Waals surface area contributed by atoms with E-state index in [1.807, 2.05) is 66.7 Å². The van der Waals surface area contributed by atoms with Crippen LogP contribution in [-0.2, 0) is 0 Å². The van der Waals surface area contributed by atoms with E-state index in [0.717, 1.165) is 77.5 Å². The average molecular weight is 775 g/mol. The molecule has 0 unspecified atom stereocenters. The van der Waals surface area contributed by atoms with E-state index in [1.165, 1.54) is 0 Å². The van der Waals surface area contributed by atoms with Crippen molar-refractivity contribution in [2.45, 2.75) is 0 Å². The molecule has 0 saturated heterocycles. The molecular formula is C52H38N8. The van der Waals surface area contributed by atoms with E-state index >= 15 is 0 Å². The average Bonchev–Trinajstić information content (AvgIpc) is 3.80. The fourth-order valence-electron chi connectivity index (χ4n) is 8.72. The van der Waals surface area contributed by atoms with Crippen LogP contribution in [0.2, 0.25) is 0 Å². The van der Waals surface area contributed by atoms with Crippen molar-refractivity contribution >= 4 is 77.7 Å². The first-order valence-electron chi connectivity index (χ1n) is 19.9. The van der Waals surface area contributed by atoms with Crippen molar-refractivity contribution in [2.24, 2.45) is 0 Å². The van der Waals surface area contributed by atoms with Crippen LogP contribution in [0.25, 0.3) is 77.8 Å². The fourth-order valence-corrected chi connectivity index (χ4v) is 8.72. The topological polar surface area (TPSA) is 117 Å². The summed E-state index contributed by atoms with van der Waals surface area (Å²) in [5.41, 5.74) is 32.4. The van der Waals surface area contributed by atoms with Crippen molar-refractivity contribution in [1.29, 1.82) is 0 Å². The van der Waals surface area contributed by atoms with Crippen molar-refractivity contribution in [3.05, 3.63) is 194 Å². The molecule has 0 fully saturated rings. The highest BCUT2D eigenvalue weighted by Crippen LogP contribution is 2.43. The summed E-state index contributed by atoms with van der Waals surface area (Å²) in [5.74, 6) is 0.499. The van der Waals surface area contributed by atoms with Crippen LogP contribution in [0.5, 0.6) is 0 Å². The summed E-state index contributed by atoms with van der Waals surface area (Å²) >= 11 is 0. The number of nitrogen functional groups attached to an aromatic ring is 3. The quantitative estimate of drug-likeness (QED) is 0.139. The highest BCUT2D eigenvalue weighted by molar-refractivity contribution is 6.23. The minimum absolute atomic E-state index is 0.499. The molecule has 8 nitrogen and oxygen atoms in total. The minimum atomic E-state index is 0.499. The number of hydrogen-bond donors (Lipinski definition) is 3. The zero-order valence-corrected chi connectivity index (χ0v) is 32.4. The molecule has 3 aromatic heterocycles. The molecule has 286 valence electrons. The highest BCUT2D eigenvalue weighted by atomic mass is 15.2. The van der Waals surface area contributed by atoms with E-state index in [9.17, 15) is 0 Å². The summed E-state index contributed by atoms with van der Waals surface area (Å²) in [6, 6.07) is 66.3. The van der Waals surface area contributed by atoms with Crippen LogP contribution < -0.4 is 22.1 Å². The number of rotatable bonds is 7. The van der Waals surface area contributed by atoms with Gasteiger partial charge in [-0.1, -0.05) is 103 Å². The first kappa shape index (κ1) is 34.9. The van der Waals surface area contributed by atoms with Crippen LogP contribution in [0, 0.1) is 0 Å². The van der Waals surface area contributed by atoms with Crippen LogP contribution in [0.3, 0.4) is 0 Å². The zero-order chi connectivity index (χ0) is 40.3. The lowest BCUT2D eigenvalue weighted by Crippen LogP contribution is -2.10. The number of benzene rings is 8. The van der Waals surface area contributed by atoms with Crippen LogP contribution in [-0.4, -0.2) is 19.1 Å². The van der Waals surface area contributed by atoms with Gasteiger partial charge in [0.1, 0.15) is 0 Å². The molecule has 0 aliphatic heterocycles. The molecule has 60 heavy (non-hydrogen) atoms. The van der Waals surface area contributed by atoms with Crippen molar-refractivity contribution in [3.8, 4) is 34.2 Å². The molecule has 6 N–H and O–H groups in total. The van der Waals surface area contributed by atoms with Crippen molar-refractivity contribution < 1.29 is 0 Å². The Morgan fingerprint density at radius 3 is 1.38 bits per heavy atom. The maximum atomic E-state index is 6.82. The largest absolute Gasteiger partial charge is 0.399 e. The van der Waals surface area contributed by atoms with Crippen molar-refractivity contribution in [3.63, 3.8) is 0 Å². The van der Waals surface area contributed by atoms with Gasteiger partial charge in [0.25, 0.3) is 0 Å². The summed E-state index contributed by atoms with van der Waals surface area (Å²) in [6.45, 7) is 0. The van der Waals surface area contributed by atoms with E-state index in [0.29, 0.717) is 34.4 Å². The Morgan fingerprint density at radius 1 is 0.367 bits per heavy atom. The predicted molar refractivity (Wildman–Crippen MR) is 250 cm³/mol. The molecule has 8 aromatic carbocycles. The van der Waals surface area contributed by atoms with Gasteiger partial charge in [-0.3, -0.25) is 4.57 Å². The Balaban J connectivity index is 1.23. The van der Waals surface area contributed by atoms with E-state index in [4.69, 9.17) is 27.2 Å². The van der Waals surface area contributed by atoms with Gasteiger partial charge in [0.15, 0.2) is 0 Å². The summed E-state index contributed by atoms with van der Waals surface area (Å²) in [6.07, 6.45) is 0. The van der Waals surface area contributed by atoms with Crippen LogP contribution >= 0.6 is 0 Å². The second-order valence-electron chi connectivity index (χ2n) is 15.0. The van der Waals surface area contributed by atoms with Gasteiger partial charge in [0, 0.05) is 72.5 Å². The van der Waals surface area contributed by atoms with Gasteiger partial charge in [0.2, 0.25) is 5.95 Å². The number of para-hydroxylation sites is 5. The normalized spacial score (nSPS) is 11.5. The Labute approximate surface area is 346 Å². The lowest BCUT2D eigenvalue weighted by molar-refractivity contribution is 0.995. The highest BCUT2D eigenvalue weighted by Gasteiger charge is 2.24. The van der Waals surface area contributed by atoms with E-state index in [2.05, 4.69) is 135 Å². The molecule has 8 heteroatoms. The molecule has 0 saturated carbocycles. The lowest BCUT2D eigenvalue weighted by Gasteiger charge is -2.26. The standard InChI is InChI=1S/C52H38N8/c53-35-26-33(27-36(54)30-35)46-32-47(34-28-37(55)31-41(29-34)58(38-14-4-1-5-15-38)39-16-6-2-7-17-39)57-52(56-46)60-49-23-13-11-21-43(49)45-25-24-44-42-20-10-12-22-48(42)59(50(44)51(45)60)40-18-8-3-9-19-40/h1-32H,53-55H2. The number of hydrogen-bond acceptors (Lipinski definition) is 6. The lowest BCUT2D eigenvalue weighted by atomic mass is 10.0. The van der Waals surface area contributed by atoms with E-state index in [1.54, 1.807) is 6.07 Å². The number of anilines is 6. The molecule has 11 rings (SSSR count). The SMILES string of the molecule is Nc1cc(N)cc(-c2cc(-c3cc(N)cc(N(c4ccccc4)c4ccccc4)c3)nc(-n3c4ccccc4c4ccc5c6ccccc6n(-c6ccccc6)c5c43)n2)c1. The molecule has 3 heterocycles. The smallest absolute Gasteiger partial charge is 0.235 e.